The van der Waals surface area contributed by atoms with E-state index in [1.807, 2.05) is 0 Å². The molecule has 0 heterocycles. The first-order valence-electron chi connectivity index (χ1n) is 8.32. The number of unbranched alkanes of at least 4 members (excludes halogenated alkanes) is 9. The fourth-order valence-corrected chi connectivity index (χ4v) is 2.05. The van der Waals surface area contributed by atoms with E-state index < -0.39 is 6.09 Å². The number of ether oxygens (including phenoxy) is 1. The second kappa shape index (κ2) is 15.1. The summed E-state index contributed by atoms with van der Waals surface area (Å²) in [7, 11) is 1.53. The van der Waals surface area contributed by atoms with Crippen LogP contribution < -0.4 is 10.6 Å². The number of carbonyl (C=O) groups is 2. The second-order valence-corrected chi connectivity index (χ2v) is 5.34. The molecular weight excluding hydrogens is 268 g/mol. The van der Waals surface area contributed by atoms with Crippen LogP contribution in [0.25, 0.3) is 0 Å². The molecule has 0 aliphatic carbocycles. The Kier molecular flexibility index (Phi) is 14.2. The maximum atomic E-state index is 11.2. The summed E-state index contributed by atoms with van der Waals surface area (Å²) in [5.74, 6) is -0.231. The summed E-state index contributed by atoms with van der Waals surface area (Å²) in [6, 6.07) is 0. The third-order valence-electron chi connectivity index (χ3n) is 3.40. The van der Waals surface area contributed by atoms with Crippen LogP contribution in [0.3, 0.4) is 0 Å². The molecule has 0 saturated heterocycles. The van der Waals surface area contributed by atoms with Crippen LogP contribution in [0, 0.1) is 0 Å². The maximum absolute atomic E-state index is 11.2. The third kappa shape index (κ3) is 15.0. The molecule has 0 aromatic heterocycles. The fraction of sp³-hybridized carbons (Fsp3) is 0.875. The molecule has 0 saturated carbocycles. The summed E-state index contributed by atoms with van der Waals surface area (Å²) in [5.41, 5.74) is 0. The Labute approximate surface area is 129 Å². The van der Waals surface area contributed by atoms with Crippen LogP contribution in [0.5, 0.6) is 0 Å². The van der Waals surface area contributed by atoms with Crippen molar-refractivity contribution in [1.82, 2.24) is 10.6 Å². The minimum atomic E-state index is -0.519. The number of amides is 2. The summed E-state index contributed by atoms with van der Waals surface area (Å²) in [5, 5.41) is 4.82. The molecule has 0 rings (SSSR count). The molecule has 5 heteroatoms. The zero-order valence-corrected chi connectivity index (χ0v) is 13.7. The number of alkyl carbamates (subject to hydrolysis) is 1. The van der Waals surface area contributed by atoms with Crippen LogP contribution >= 0.6 is 0 Å². The van der Waals surface area contributed by atoms with Gasteiger partial charge in [-0.25, -0.2) is 4.79 Å². The van der Waals surface area contributed by atoms with Crippen molar-refractivity contribution in [2.45, 2.75) is 71.1 Å². The number of hydrogen-bond acceptors (Lipinski definition) is 3. The average molecular weight is 300 g/mol. The Hall–Kier alpha value is -1.26. The van der Waals surface area contributed by atoms with E-state index in [9.17, 15) is 9.59 Å². The Balaban J connectivity index is 3.18. The Morgan fingerprint density at radius 1 is 0.857 bits per heavy atom. The Bertz CT molecular complexity index is 270. The molecule has 2 amide bonds. The zero-order valence-electron chi connectivity index (χ0n) is 13.7. The molecule has 5 nitrogen and oxygen atoms in total. The van der Waals surface area contributed by atoms with Gasteiger partial charge < -0.3 is 15.4 Å². The monoisotopic (exact) mass is 300 g/mol. The lowest BCUT2D eigenvalue weighted by Crippen LogP contribution is -2.35. The van der Waals surface area contributed by atoms with Gasteiger partial charge in [0.15, 0.2) is 0 Å². The standard InChI is InChI=1S/C16H32N2O3/c1-3-4-5-6-7-8-9-10-11-12-13-21-16(20)18-14-15(19)17-2/h3-14H2,1-2H3,(H,17,19)(H,18,20). The summed E-state index contributed by atoms with van der Waals surface area (Å²) < 4.78 is 4.98. The van der Waals surface area contributed by atoms with Crippen molar-refractivity contribution in [2.75, 3.05) is 20.2 Å². The first kappa shape index (κ1) is 19.7. The lowest BCUT2D eigenvalue weighted by atomic mass is 10.1. The van der Waals surface area contributed by atoms with E-state index in [1.54, 1.807) is 0 Å². The zero-order chi connectivity index (χ0) is 15.8. The third-order valence-corrected chi connectivity index (χ3v) is 3.40. The van der Waals surface area contributed by atoms with Crippen molar-refractivity contribution >= 4 is 12.0 Å². The van der Waals surface area contributed by atoms with Gasteiger partial charge in [0.05, 0.1) is 13.2 Å². The summed E-state index contributed by atoms with van der Waals surface area (Å²) in [4.78, 5) is 22.1. The molecule has 0 aliphatic heterocycles. The van der Waals surface area contributed by atoms with Crippen LogP contribution in [0.2, 0.25) is 0 Å². The lowest BCUT2D eigenvalue weighted by Gasteiger charge is -2.06. The van der Waals surface area contributed by atoms with Gasteiger partial charge in [-0.1, -0.05) is 64.7 Å². The van der Waals surface area contributed by atoms with Crippen LogP contribution in [-0.2, 0) is 9.53 Å². The SMILES string of the molecule is CCCCCCCCCCCCOC(=O)NCC(=O)NC. The minimum Gasteiger partial charge on any atom is -0.450 e. The molecule has 0 fully saturated rings. The molecule has 0 unspecified atom stereocenters. The molecule has 21 heavy (non-hydrogen) atoms. The number of nitrogens with one attached hydrogen (secondary N) is 2. The largest absolute Gasteiger partial charge is 0.450 e. The molecule has 0 bridgehead atoms. The summed E-state index contributed by atoms with van der Waals surface area (Å²) >= 11 is 0. The number of rotatable bonds is 13. The van der Waals surface area contributed by atoms with E-state index in [-0.39, 0.29) is 12.5 Å². The molecule has 0 aliphatic rings. The quantitative estimate of drug-likeness (QED) is 0.512. The molecule has 0 spiro atoms. The Morgan fingerprint density at radius 2 is 1.38 bits per heavy atom. The predicted molar refractivity (Wildman–Crippen MR) is 85.3 cm³/mol. The van der Waals surface area contributed by atoms with Crippen molar-refractivity contribution in [3.05, 3.63) is 0 Å². The molecule has 0 aromatic carbocycles. The van der Waals surface area contributed by atoms with Gasteiger partial charge in [0, 0.05) is 7.05 Å². The van der Waals surface area contributed by atoms with Gasteiger partial charge in [-0.3, -0.25) is 4.79 Å². The van der Waals surface area contributed by atoms with Gasteiger partial charge in [0.25, 0.3) is 0 Å². The number of carbonyl (C=O) groups excluding carboxylic acids is 2. The normalized spacial score (nSPS) is 10.2. The molecule has 124 valence electrons. The Morgan fingerprint density at radius 3 is 1.90 bits per heavy atom. The van der Waals surface area contributed by atoms with Crippen LogP contribution in [0.1, 0.15) is 71.1 Å². The smallest absolute Gasteiger partial charge is 0.407 e. The van der Waals surface area contributed by atoms with E-state index >= 15 is 0 Å². The van der Waals surface area contributed by atoms with E-state index in [0.717, 1.165) is 12.8 Å². The van der Waals surface area contributed by atoms with E-state index in [1.165, 1.54) is 58.4 Å². The van der Waals surface area contributed by atoms with Crippen molar-refractivity contribution in [3.63, 3.8) is 0 Å². The molecule has 0 radical (unpaired) electrons. The van der Waals surface area contributed by atoms with Gasteiger partial charge in [0.2, 0.25) is 5.91 Å². The van der Waals surface area contributed by atoms with Gasteiger partial charge in [-0.05, 0) is 6.42 Å². The van der Waals surface area contributed by atoms with Crippen LogP contribution in [0.4, 0.5) is 4.79 Å². The van der Waals surface area contributed by atoms with Crippen LogP contribution in [0.15, 0.2) is 0 Å². The summed E-state index contributed by atoms with van der Waals surface area (Å²) in [6.45, 7) is 2.63. The number of likely N-dealkylation sites (N-methyl/N-ethyl adjacent to an activating group) is 1. The van der Waals surface area contributed by atoms with Crippen molar-refractivity contribution < 1.29 is 14.3 Å². The van der Waals surface area contributed by atoms with Crippen LogP contribution in [-0.4, -0.2) is 32.2 Å². The predicted octanol–water partition coefficient (Wildman–Crippen LogP) is 3.38. The molecule has 2 N–H and O–H groups in total. The molecular formula is C16H32N2O3. The van der Waals surface area contributed by atoms with E-state index in [4.69, 9.17) is 4.74 Å². The average Bonchev–Trinajstić information content (AvgIpc) is 2.50. The van der Waals surface area contributed by atoms with E-state index in [0.29, 0.717) is 6.61 Å². The van der Waals surface area contributed by atoms with Crippen molar-refractivity contribution in [2.24, 2.45) is 0 Å². The van der Waals surface area contributed by atoms with Gasteiger partial charge in [0.1, 0.15) is 0 Å². The topological polar surface area (TPSA) is 67.4 Å². The first-order valence-corrected chi connectivity index (χ1v) is 8.32. The highest BCUT2D eigenvalue weighted by Crippen LogP contribution is 2.10. The fourth-order valence-electron chi connectivity index (χ4n) is 2.05. The minimum absolute atomic E-state index is 0.0344. The molecule has 0 atom stereocenters. The highest BCUT2D eigenvalue weighted by molar-refractivity contribution is 5.81. The van der Waals surface area contributed by atoms with Gasteiger partial charge in [-0.15, -0.1) is 0 Å². The highest BCUT2D eigenvalue weighted by Gasteiger charge is 2.03. The van der Waals surface area contributed by atoms with E-state index in [2.05, 4.69) is 17.6 Å². The van der Waals surface area contributed by atoms with Crippen molar-refractivity contribution in [3.8, 4) is 0 Å². The first-order chi connectivity index (χ1) is 10.2. The lowest BCUT2D eigenvalue weighted by molar-refractivity contribution is -0.119. The highest BCUT2D eigenvalue weighted by atomic mass is 16.5. The molecule has 0 aromatic rings. The maximum Gasteiger partial charge on any atom is 0.407 e. The second-order valence-electron chi connectivity index (χ2n) is 5.34. The number of hydrogen-bond donors (Lipinski definition) is 2. The van der Waals surface area contributed by atoms with Crippen molar-refractivity contribution in [1.29, 1.82) is 0 Å². The summed E-state index contributed by atoms with van der Waals surface area (Å²) in [6.07, 6.45) is 12.0. The van der Waals surface area contributed by atoms with Gasteiger partial charge >= 0.3 is 6.09 Å². The van der Waals surface area contributed by atoms with Gasteiger partial charge in [-0.2, -0.15) is 0 Å².